The first-order valence-corrected chi connectivity index (χ1v) is 9.81. The van der Waals surface area contributed by atoms with E-state index in [2.05, 4.69) is 12.2 Å². The van der Waals surface area contributed by atoms with Crippen molar-refractivity contribution in [2.24, 2.45) is 0 Å². The lowest BCUT2D eigenvalue weighted by Crippen LogP contribution is -2.21. The van der Waals surface area contributed by atoms with Crippen molar-refractivity contribution in [1.29, 1.82) is 0 Å². The molecule has 1 amide bonds. The van der Waals surface area contributed by atoms with Crippen LogP contribution in [0.1, 0.15) is 76.7 Å². The maximum atomic E-state index is 11.7. The van der Waals surface area contributed by atoms with Gasteiger partial charge in [-0.15, -0.1) is 0 Å². The van der Waals surface area contributed by atoms with E-state index >= 15 is 0 Å². The lowest BCUT2D eigenvalue weighted by Gasteiger charge is -2.03. The summed E-state index contributed by atoms with van der Waals surface area (Å²) < 4.78 is 0. The van der Waals surface area contributed by atoms with E-state index in [0.29, 0.717) is 5.02 Å². The highest BCUT2D eigenvalue weighted by Gasteiger charge is 1.96. The van der Waals surface area contributed by atoms with Crippen LogP contribution in [0.3, 0.4) is 0 Å². The number of rotatable bonds is 13. The van der Waals surface area contributed by atoms with Gasteiger partial charge in [0.2, 0.25) is 5.91 Å². The van der Waals surface area contributed by atoms with Crippen LogP contribution in [0, 0.1) is 0 Å². The topological polar surface area (TPSA) is 29.1 Å². The zero-order chi connectivity index (χ0) is 17.5. The van der Waals surface area contributed by atoms with Gasteiger partial charge in [0.25, 0.3) is 0 Å². The predicted molar refractivity (Wildman–Crippen MR) is 105 cm³/mol. The van der Waals surface area contributed by atoms with Gasteiger partial charge >= 0.3 is 0 Å². The van der Waals surface area contributed by atoms with Crippen LogP contribution in [0.15, 0.2) is 30.3 Å². The number of nitrogens with one attached hydrogen (secondary N) is 1. The zero-order valence-electron chi connectivity index (χ0n) is 15.0. The van der Waals surface area contributed by atoms with Gasteiger partial charge in [-0.1, -0.05) is 88.4 Å². The maximum absolute atomic E-state index is 11.7. The summed E-state index contributed by atoms with van der Waals surface area (Å²) in [4.78, 5) is 11.7. The Labute approximate surface area is 152 Å². The van der Waals surface area contributed by atoms with Crippen molar-refractivity contribution < 1.29 is 4.79 Å². The van der Waals surface area contributed by atoms with Gasteiger partial charge < -0.3 is 5.32 Å². The van der Waals surface area contributed by atoms with Crippen molar-refractivity contribution in [1.82, 2.24) is 5.32 Å². The average molecular weight is 350 g/mol. The third-order valence-electron chi connectivity index (χ3n) is 4.13. The molecular weight excluding hydrogens is 318 g/mol. The summed E-state index contributed by atoms with van der Waals surface area (Å²) >= 11 is 5.83. The summed E-state index contributed by atoms with van der Waals surface area (Å²) in [6, 6.07) is 7.44. The van der Waals surface area contributed by atoms with Crippen molar-refractivity contribution in [3.05, 3.63) is 40.9 Å². The molecule has 0 saturated heterocycles. The average Bonchev–Trinajstić information content (AvgIpc) is 2.59. The third kappa shape index (κ3) is 11.3. The molecule has 1 rings (SSSR count). The molecule has 1 aromatic rings. The number of carbonyl (C=O) groups excluding carboxylic acids is 1. The summed E-state index contributed by atoms with van der Waals surface area (Å²) in [5.41, 5.74) is 0.980. The van der Waals surface area contributed by atoms with Crippen LogP contribution in [0.4, 0.5) is 0 Å². The molecule has 0 aliphatic heterocycles. The molecule has 2 nitrogen and oxygen atoms in total. The SMILES string of the molecule is CCCCCCCCCCCCNC(=O)/C=C/c1ccc(Cl)cc1. The van der Waals surface area contributed by atoms with Gasteiger partial charge in [-0.25, -0.2) is 0 Å². The minimum Gasteiger partial charge on any atom is -0.353 e. The Hall–Kier alpha value is -1.28. The monoisotopic (exact) mass is 349 g/mol. The predicted octanol–water partition coefficient (Wildman–Crippen LogP) is 6.39. The standard InChI is InChI=1S/C21H32ClNO/c1-2-3-4-5-6-7-8-9-10-11-18-23-21(24)17-14-19-12-15-20(22)16-13-19/h12-17H,2-11,18H2,1H3,(H,23,24)/b17-14+. The fourth-order valence-corrected chi connectivity index (χ4v) is 2.75. The highest BCUT2D eigenvalue weighted by Crippen LogP contribution is 2.11. The highest BCUT2D eigenvalue weighted by molar-refractivity contribution is 6.30. The molecule has 0 aromatic heterocycles. The molecule has 0 aliphatic carbocycles. The van der Waals surface area contributed by atoms with Gasteiger partial charge in [0.05, 0.1) is 0 Å². The zero-order valence-corrected chi connectivity index (χ0v) is 15.8. The molecule has 0 spiro atoms. The summed E-state index contributed by atoms with van der Waals surface area (Å²) in [5, 5.41) is 3.64. The summed E-state index contributed by atoms with van der Waals surface area (Å²) in [5.74, 6) is -0.0270. The lowest BCUT2D eigenvalue weighted by atomic mass is 10.1. The van der Waals surface area contributed by atoms with Crippen LogP contribution < -0.4 is 5.32 Å². The molecule has 134 valence electrons. The van der Waals surface area contributed by atoms with Crippen LogP contribution in [-0.4, -0.2) is 12.5 Å². The molecule has 0 radical (unpaired) electrons. The highest BCUT2D eigenvalue weighted by atomic mass is 35.5. The molecule has 0 bridgehead atoms. The minimum absolute atomic E-state index is 0.0270. The molecule has 0 saturated carbocycles. The van der Waals surface area contributed by atoms with E-state index in [4.69, 9.17) is 11.6 Å². The van der Waals surface area contributed by atoms with Gasteiger partial charge in [-0.2, -0.15) is 0 Å². The van der Waals surface area contributed by atoms with Gasteiger partial charge in [-0.05, 0) is 30.2 Å². The van der Waals surface area contributed by atoms with E-state index in [0.717, 1.165) is 18.5 Å². The lowest BCUT2D eigenvalue weighted by molar-refractivity contribution is -0.116. The minimum atomic E-state index is -0.0270. The fraction of sp³-hybridized carbons (Fsp3) is 0.571. The van der Waals surface area contributed by atoms with E-state index in [1.807, 2.05) is 30.3 Å². The van der Waals surface area contributed by atoms with E-state index in [1.54, 1.807) is 6.08 Å². The number of hydrogen-bond acceptors (Lipinski definition) is 1. The Morgan fingerprint density at radius 1 is 0.917 bits per heavy atom. The van der Waals surface area contributed by atoms with E-state index < -0.39 is 0 Å². The number of benzene rings is 1. The molecule has 0 aliphatic rings. The fourth-order valence-electron chi connectivity index (χ4n) is 2.63. The molecule has 24 heavy (non-hydrogen) atoms. The smallest absolute Gasteiger partial charge is 0.243 e. The molecule has 0 atom stereocenters. The normalized spacial score (nSPS) is 11.1. The van der Waals surface area contributed by atoms with Crippen LogP contribution in [0.5, 0.6) is 0 Å². The molecular formula is C21H32ClNO. The van der Waals surface area contributed by atoms with Crippen LogP contribution in [-0.2, 0) is 4.79 Å². The van der Waals surface area contributed by atoms with Crippen molar-refractivity contribution >= 4 is 23.6 Å². The number of halogens is 1. The van der Waals surface area contributed by atoms with Crippen LogP contribution in [0.25, 0.3) is 6.08 Å². The molecule has 1 aromatic carbocycles. The Balaban J connectivity index is 1.95. The second-order valence-electron chi connectivity index (χ2n) is 6.36. The van der Waals surface area contributed by atoms with E-state index in [9.17, 15) is 4.79 Å². The second kappa shape index (κ2) is 14.1. The Kier molecular flexibility index (Phi) is 12.2. The number of carbonyl (C=O) groups is 1. The molecule has 3 heteroatoms. The van der Waals surface area contributed by atoms with E-state index in [1.165, 1.54) is 57.8 Å². The number of hydrogen-bond donors (Lipinski definition) is 1. The quantitative estimate of drug-likeness (QED) is 0.324. The molecule has 0 fully saturated rings. The van der Waals surface area contributed by atoms with Crippen molar-refractivity contribution in [3.8, 4) is 0 Å². The van der Waals surface area contributed by atoms with Crippen molar-refractivity contribution in [2.75, 3.05) is 6.54 Å². The first kappa shape index (κ1) is 20.8. The van der Waals surface area contributed by atoms with Crippen molar-refractivity contribution in [2.45, 2.75) is 71.1 Å². The Morgan fingerprint density at radius 2 is 1.46 bits per heavy atom. The number of amides is 1. The first-order chi connectivity index (χ1) is 11.7. The van der Waals surface area contributed by atoms with Gasteiger partial charge in [0, 0.05) is 17.6 Å². The third-order valence-corrected chi connectivity index (χ3v) is 4.38. The largest absolute Gasteiger partial charge is 0.353 e. The first-order valence-electron chi connectivity index (χ1n) is 9.44. The summed E-state index contributed by atoms with van der Waals surface area (Å²) in [7, 11) is 0. The maximum Gasteiger partial charge on any atom is 0.243 e. The number of unbranched alkanes of at least 4 members (excludes halogenated alkanes) is 9. The van der Waals surface area contributed by atoms with E-state index in [-0.39, 0.29) is 5.91 Å². The van der Waals surface area contributed by atoms with Gasteiger partial charge in [0.1, 0.15) is 0 Å². The van der Waals surface area contributed by atoms with Gasteiger partial charge in [0.15, 0.2) is 0 Å². The molecule has 0 heterocycles. The summed E-state index contributed by atoms with van der Waals surface area (Å²) in [6.07, 6.45) is 16.5. The Morgan fingerprint density at radius 3 is 2.04 bits per heavy atom. The Bertz CT molecular complexity index is 467. The van der Waals surface area contributed by atoms with Gasteiger partial charge in [-0.3, -0.25) is 4.79 Å². The van der Waals surface area contributed by atoms with Crippen LogP contribution >= 0.6 is 11.6 Å². The second-order valence-corrected chi connectivity index (χ2v) is 6.79. The van der Waals surface area contributed by atoms with Crippen LogP contribution in [0.2, 0.25) is 5.02 Å². The molecule has 0 unspecified atom stereocenters. The van der Waals surface area contributed by atoms with Crippen molar-refractivity contribution in [3.63, 3.8) is 0 Å². The summed E-state index contributed by atoms with van der Waals surface area (Å²) in [6.45, 7) is 3.02. The molecule has 1 N–H and O–H groups in total.